The largest absolute Gasteiger partial charge is 0.443 e. The Morgan fingerprint density at radius 1 is 1.02 bits per heavy atom. The van der Waals surface area contributed by atoms with Crippen molar-refractivity contribution in [2.24, 2.45) is 0 Å². The molecule has 2 aromatic carbocycles. The van der Waals surface area contributed by atoms with Crippen LogP contribution in [0.4, 0.5) is 9.59 Å². The average molecular weight is 598 g/mol. The van der Waals surface area contributed by atoms with Crippen molar-refractivity contribution in [1.82, 2.24) is 24.3 Å². The number of H-pyrrole nitrogens is 1. The molecule has 1 N–H and O–H groups in total. The maximum absolute atomic E-state index is 14.2. The number of ether oxygens (including phenoxy) is 2. The maximum atomic E-state index is 14.2. The van der Waals surface area contributed by atoms with Gasteiger partial charge in [0.2, 0.25) is 0 Å². The summed E-state index contributed by atoms with van der Waals surface area (Å²) in [5, 5.41) is 2.27. The molecule has 3 aromatic rings. The first kappa shape index (κ1) is 30.6. The van der Waals surface area contributed by atoms with E-state index in [0.717, 1.165) is 21.1 Å². The molecule has 1 fully saturated rings. The Balaban J connectivity index is 1.71. The summed E-state index contributed by atoms with van der Waals surface area (Å²) in [5.74, 6) is -0.797. The molecule has 1 atom stereocenters. The number of imidazole rings is 1. The van der Waals surface area contributed by atoms with Crippen LogP contribution >= 0.6 is 0 Å². The van der Waals surface area contributed by atoms with E-state index in [1.54, 1.807) is 52.0 Å². The Labute approximate surface area is 245 Å². The lowest BCUT2D eigenvalue weighted by molar-refractivity contribution is -0.146. The third-order valence-electron chi connectivity index (χ3n) is 6.38. The van der Waals surface area contributed by atoms with Crippen molar-refractivity contribution in [3.8, 4) is 0 Å². The summed E-state index contributed by atoms with van der Waals surface area (Å²) < 4.78 is 39.5. The topological polar surface area (TPSA) is 142 Å². The van der Waals surface area contributed by atoms with Crippen molar-refractivity contribution in [2.75, 3.05) is 13.1 Å². The van der Waals surface area contributed by atoms with Gasteiger partial charge in [0.05, 0.1) is 16.9 Å². The number of benzene rings is 2. The average Bonchev–Trinajstić information content (AvgIpc) is 3.63. The van der Waals surface area contributed by atoms with Crippen molar-refractivity contribution in [2.45, 2.75) is 63.7 Å². The number of nitrogens with zero attached hydrogens (tertiary/aromatic N) is 4. The fourth-order valence-corrected chi connectivity index (χ4v) is 5.83. The van der Waals surface area contributed by atoms with Crippen LogP contribution in [0, 0.1) is 6.92 Å². The minimum absolute atomic E-state index is 0.0132. The van der Waals surface area contributed by atoms with Crippen LogP contribution < -0.4 is 0 Å². The van der Waals surface area contributed by atoms with E-state index in [0.29, 0.717) is 16.4 Å². The highest BCUT2D eigenvalue weighted by molar-refractivity contribution is 7.89. The number of carbonyl (C=O) groups excluding carboxylic acids is 3. The molecule has 3 amide bonds. The Morgan fingerprint density at radius 2 is 1.69 bits per heavy atom. The van der Waals surface area contributed by atoms with Gasteiger partial charge in [-0.05, 0) is 51.8 Å². The van der Waals surface area contributed by atoms with Gasteiger partial charge in [-0.3, -0.25) is 4.79 Å². The van der Waals surface area contributed by atoms with Crippen LogP contribution in [0.25, 0.3) is 0 Å². The summed E-state index contributed by atoms with van der Waals surface area (Å²) in [7, 11) is -4.61. The van der Waals surface area contributed by atoms with E-state index in [1.165, 1.54) is 24.7 Å². The predicted molar refractivity (Wildman–Crippen MR) is 152 cm³/mol. The SMILES string of the molecule is Cc1ccc(S(=O)(=O)N(C(=O)OC(C)(C)C)[C@@H](Cc2c[nH]cn2)C(=O)N2CCCN2C(=O)OCc2ccccc2)cc1. The van der Waals surface area contributed by atoms with Crippen molar-refractivity contribution in [1.29, 1.82) is 0 Å². The fraction of sp³-hybridized carbons (Fsp3) is 0.379. The third-order valence-corrected chi connectivity index (χ3v) is 8.17. The predicted octanol–water partition coefficient (Wildman–Crippen LogP) is 4.04. The Hall–Kier alpha value is -4.39. The van der Waals surface area contributed by atoms with E-state index in [2.05, 4.69) is 9.97 Å². The summed E-state index contributed by atoms with van der Waals surface area (Å²) in [4.78, 5) is 47.7. The van der Waals surface area contributed by atoms with Crippen LogP contribution in [0.1, 0.15) is 44.0 Å². The van der Waals surface area contributed by atoms with Gasteiger partial charge in [0.15, 0.2) is 0 Å². The number of aromatic nitrogens is 2. The molecule has 224 valence electrons. The highest BCUT2D eigenvalue weighted by Crippen LogP contribution is 2.27. The van der Waals surface area contributed by atoms with Gasteiger partial charge in [0, 0.05) is 25.7 Å². The molecule has 13 heteroatoms. The molecule has 0 unspecified atom stereocenters. The van der Waals surface area contributed by atoms with Crippen LogP contribution in [0.5, 0.6) is 0 Å². The monoisotopic (exact) mass is 597 g/mol. The lowest BCUT2D eigenvalue weighted by Gasteiger charge is -2.35. The van der Waals surface area contributed by atoms with Gasteiger partial charge in [-0.15, -0.1) is 0 Å². The zero-order valence-corrected chi connectivity index (χ0v) is 24.8. The van der Waals surface area contributed by atoms with E-state index in [4.69, 9.17) is 9.47 Å². The molecule has 1 aromatic heterocycles. The molecule has 4 rings (SSSR count). The molecule has 12 nitrogen and oxygen atoms in total. The number of hydrazine groups is 1. The number of aryl methyl sites for hydroxylation is 1. The van der Waals surface area contributed by atoms with E-state index in [9.17, 15) is 22.8 Å². The third kappa shape index (κ3) is 7.27. The number of nitrogens with one attached hydrogen (secondary N) is 1. The van der Waals surface area contributed by atoms with Crippen molar-refractivity contribution < 1.29 is 32.3 Å². The number of hydrogen-bond acceptors (Lipinski definition) is 8. The van der Waals surface area contributed by atoms with Crippen molar-refractivity contribution in [3.63, 3.8) is 0 Å². The van der Waals surface area contributed by atoms with Gasteiger partial charge in [-0.1, -0.05) is 48.0 Å². The molecule has 1 aliphatic rings. The highest BCUT2D eigenvalue weighted by atomic mass is 32.2. The van der Waals surface area contributed by atoms with Gasteiger partial charge in [0.1, 0.15) is 18.2 Å². The zero-order valence-electron chi connectivity index (χ0n) is 24.0. The summed E-state index contributed by atoms with van der Waals surface area (Å²) >= 11 is 0. The molecule has 42 heavy (non-hydrogen) atoms. The standard InChI is InChI=1S/C29H35N5O7S/c1-21-11-13-24(14-12-21)42(38,39)34(28(37)41-29(2,3)4)25(17-23-18-30-20-31-23)26(35)32-15-8-16-33(32)27(36)40-19-22-9-6-5-7-10-22/h5-7,9-14,18,20,25H,8,15-17,19H2,1-4H3,(H,30,31)/t25-/m0/s1. The summed E-state index contributed by atoms with van der Waals surface area (Å²) in [6.45, 7) is 6.85. The van der Waals surface area contributed by atoms with Gasteiger partial charge in [-0.25, -0.2) is 33.0 Å². The molecule has 0 aliphatic carbocycles. The van der Waals surface area contributed by atoms with Crippen LogP contribution in [0.2, 0.25) is 0 Å². The Kier molecular flexibility index (Phi) is 9.20. The maximum Gasteiger partial charge on any atom is 0.429 e. The second-order valence-electron chi connectivity index (χ2n) is 10.9. The minimum atomic E-state index is -4.61. The summed E-state index contributed by atoms with van der Waals surface area (Å²) in [5.41, 5.74) is 0.834. The molecular formula is C29H35N5O7S. The van der Waals surface area contributed by atoms with Gasteiger partial charge >= 0.3 is 12.2 Å². The van der Waals surface area contributed by atoms with Crippen LogP contribution in [-0.2, 0) is 37.3 Å². The van der Waals surface area contributed by atoms with E-state index in [1.807, 2.05) is 18.2 Å². The molecular weight excluding hydrogens is 562 g/mol. The lowest BCUT2D eigenvalue weighted by Crippen LogP contribution is -2.57. The number of aromatic amines is 1. The quantitative estimate of drug-likeness (QED) is 0.410. The number of rotatable bonds is 8. The Bertz CT molecular complexity index is 1490. The number of hydrogen-bond donors (Lipinski definition) is 1. The second-order valence-corrected chi connectivity index (χ2v) is 12.7. The van der Waals surface area contributed by atoms with Crippen molar-refractivity contribution >= 4 is 28.1 Å². The van der Waals surface area contributed by atoms with Gasteiger partial charge in [0.25, 0.3) is 15.9 Å². The molecule has 2 heterocycles. The van der Waals surface area contributed by atoms with Gasteiger partial charge < -0.3 is 14.5 Å². The number of amides is 3. The number of carbonyl (C=O) groups is 3. The smallest absolute Gasteiger partial charge is 0.429 e. The van der Waals surface area contributed by atoms with Crippen LogP contribution in [0.15, 0.2) is 72.0 Å². The Morgan fingerprint density at radius 3 is 2.31 bits per heavy atom. The van der Waals surface area contributed by atoms with Crippen molar-refractivity contribution in [3.05, 3.63) is 83.9 Å². The second kappa shape index (κ2) is 12.6. The summed E-state index contributed by atoms with van der Waals surface area (Å²) in [6.07, 6.45) is 1.05. The van der Waals surface area contributed by atoms with E-state index >= 15 is 0 Å². The van der Waals surface area contributed by atoms with Crippen LogP contribution in [0.3, 0.4) is 0 Å². The van der Waals surface area contributed by atoms with E-state index < -0.39 is 39.8 Å². The molecule has 0 radical (unpaired) electrons. The first-order chi connectivity index (χ1) is 19.9. The minimum Gasteiger partial charge on any atom is -0.443 e. The molecule has 1 saturated heterocycles. The highest BCUT2D eigenvalue weighted by Gasteiger charge is 2.46. The zero-order chi connectivity index (χ0) is 30.5. The molecule has 1 aliphatic heterocycles. The van der Waals surface area contributed by atoms with Crippen LogP contribution in [-0.4, -0.2) is 75.5 Å². The molecule has 0 saturated carbocycles. The molecule has 0 spiro atoms. The first-order valence-corrected chi connectivity index (χ1v) is 14.9. The lowest BCUT2D eigenvalue weighted by atomic mass is 10.1. The first-order valence-electron chi connectivity index (χ1n) is 13.5. The van der Waals surface area contributed by atoms with E-state index in [-0.39, 0.29) is 31.0 Å². The summed E-state index contributed by atoms with van der Waals surface area (Å²) in [6, 6.07) is 13.4. The molecule has 0 bridgehead atoms. The van der Waals surface area contributed by atoms with Gasteiger partial charge in [-0.2, -0.15) is 4.31 Å². The number of sulfonamides is 1. The normalized spacial score (nSPS) is 14.4. The fourth-order valence-electron chi connectivity index (χ4n) is 4.39.